The van der Waals surface area contributed by atoms with Crippen molar-refractivity contribution in [1.29, 1.82) is 0 Å². The Morgan fingerprint density at radius 1 is 1.24 bits per heavy atom. The zero-order valence-corrected chi connectivity index (χ0v) is 10.2. The molecule has 0 fully saturated rings. The van der Waals surface area contributed by atoms with Crippen molar-refractivity contribution in [1.82, 2.24) is 5.16 Å². The van der Waals surface area contributed by atoms with Gasteiger partial charge in [-0.2, -0.15) is 0 Å². The van der Waals surface area contributed by atoms with Crippen LogP contribution >= 0.6 is 0 Å². The second kappa shape index (κ2) is 5.15. The van der Waals surface area contributed by atoms with Crippen molar-refractivity contribution < 1.29 is 9.63 Å². The molecule has 2 aromatic rings. The van der Waals surface area contributed by atoms with Gasteiger partial charge in [0.1, 0.15) is 12.3 Å². The maximum atomic E-state index is 8.91. The van der Waals surface area contributed by atoms with Crippen molar-refractivity contribution in [3.63, 3.8) is 0 Å². The van der Waals surface area contributed by atoms with E-state index in [1.165, 1.54) is 5.56 Å². The van der Waals surface area contributed by atoms with Gasteiger partial charge in [0.05, 0.1) is 0 Å². The molecule has 0 spiro atoms. The third-order valence-corrected chi connectivity index (χ3v) is 2.61. The van der Waals surface area contributed by atoms with Crippen LogP contribution < -0.4 is 0 Å². The zero-order chi connectivity index (χ0) is 12.3. The predicted octanol–water partition coefficient (Wildman–Crippen LogP) is 3.03. The van der Waals surface area contributed by atoms with Crippen molar-refractivity contribution in [2.45, 2.75) is 26.9 Å². The first-order valence-corrected chi connectivity index (χ1v) is 5.85. The van der Waals surface area contributed by atoms with E-state index in [2.05, 4.69) is 31.1 Å². The maximum absolute atomic E-state index is 8.91. The largest absolute Gasteiger partial charge is 0.388 e. The highest BCUT2D eigenvalue weighted by molar-refractivity contribution is 5.59. The summed E-state index contributed by atoms with van der Waals surface area (Å²) in [6.45, 7) is 4.30. The standard InChI is InChI=1S/C14H17NO2/c1-10(2)7-11-3-5-12(6-4-11)14-8-13(9-16)17-15-14/h3-6,8,10,16H,7,9H2,1-2H3. The van der Waals surface area contributed by atoms with Crippen molar-refractivity contribution in [2.24, 2.45) is 5.92 Å². The molecule has 0 amide bonds. The Labute approximate surface area is 101 Å². The minimum absolute atomic E-state index is 0.113. The number of nitrogens with zero attached hydrogens (tertiary/aromatic N) is 1. The van der Waals surface area contributed by atoms with Gasteiger partial charge >= 0.3 is 0 Å². The molecular formula is C14H17NO2. The summed E-state index contributed by atoms with van der Waals surface area (Å²) in [5.74, 6) is 1.15. The number of aromatic nitrogens is 1. The van der Waals surface area contributed by atoms with Crippen LogP contribution in [0.15, 0.2) is 34.9 Å². The Balaban J connectivity index is 2.17. The van der Waals surface area contributed by atoms with E-state index in [-0.39, 0.29) is 6.61 Å². The van der Waals surface area contributed by atoms with Gasteiger partial charge in [0.2, 0.25) is 0 Å². The van der Waals surface area contributed by atoms with Crippen LogP contribution in [0.1, 0.15) is 25.2 Å². The van der Waals surface area contributed by atoms with E-state index in [9.17, 15) is 0 Å². The van der Waals surface area contributed by atoms with Gasteiger partial charge in [0, 0.05) is 11.6 Å². The third kappa shape index (κ3) is 2.94. The van der Waals surface area contributed by atoms with E-state index < -0.39 is 0 Å². The average Bonchev–Trinajstić information content (AvgIpc) is 2.78. The molecule has 0 saturated carbocycles. The van der Waals surface area contributed by atoms with Crippen LogP contribution in [0.5, 0.6) is 0 Å². The van der Waals surface area contributed by atoms with Gasteiger partial charge in [-0.05, 0) is 17.9 Å². The van der Waals surface area contributed by atoms with E-state index in [4.69, 9.17) is 9.63 Å². The molecule has 0 aliphatic heterocycles. The molecule has 0 unspecified atom stereocenters. The zero-order valence-electron chi connectivity index (χ0n) is 10.2. The highest BCUT2D eigenvalue weighted by atomic mass is 16.5. The Hall–Kier alpha value is -1.61. The predicted molar refractivity (Wildman–Crippen MR) is 66.4 cm³/mol. The lowest BCUT2D eigenvalue weighted by Crippen LogP contribution is -1.93. The molecule has 1 heterocycles. The summed E-state index contributed by atoms with van der Waals surface area (Å²) >= 11 is 0. The average molecular weight is 231 g/mol. The fourth-order valence-corrected chi connectivity index (χ4v) is 1.81. The quantitative estimate of drug-likeness (QED) is 0.879. The van der Waals surface area contributed by atoms with Gasteiger partial charge in [-0.1, -0.05) is 43.3 Å². The number of hydrogen-bond acceptors (Lipinski definition) is 3. The first-order valence-electron chi connectivity index (χ1n) is 5.85. The molecule has 0 aliphatic carbocycles. The Bertz CT molecular complexity index is 471. The fourth-order valence-electron chi connectivity index (χ4n) is 1.81. The summed E-state index contributed by atoms with van der Waals surface area (Å²) in [5.41, 5.74) is 3.11. The van der Waals surface area contributed by atoms with Gasteiger partial charge in [-0.25, -0.2) is 0 Å². The summed E-state index contributed by atoms with van der Waals surface area (Å²) in [6.07, 6.45) is 1.08. The number of aliphatic hydroxyl groups excluding tert-OH is 1. The molecule has 1 aromatic carbocycles. The summed E-state index contributed by atoms with van der Waals surface area (Å²) < 4.78 is 4.96. The molecular weight excluding hydrogens is 214 g/mol. The monoisotopic (exact) mass is 231 g/mol. The van der Waals surface area contributed by atoms with E-state index in [1.54, 1.807) is 6.07 Å². The normalized spacial score (nSPS) is 11.1. The van der Waals surface area contributed by atoms with Crippen LogP contribution in [0, 0.1) is 5.92 Å². The van der Waals surface area contributed by atoms with Gasteiger partial charge < -0.3 is 9.63 Å². The molecule has 0 atom stereocenters. The fraction of sp³-hybridized carbons (Fsp3) is 0.357. The number of aliphatic hydroxyl groups is 1. The second-order valence-electron chi connectivity index (χ2n) is 4.63. The van der Waals surface area contributed by atoms with Crippen molar-refractivity contribution in [2.75, 3.05) is 0 Å². The summed E-state index contributed by atoms with van der Waals surface area (Å²) in [5, 5.41) is 12.8. The molecule has 0 bridgehead atoms. The highest BCUT2D eigenvalue weighted by Crippen LogP contribution is 2.20. The first kappa shape index (κ1) is 11.9. The van der Waals surface area contributed by atoms with Crippen molar-refractivity contribution >= 4 is 0 Å². The van der Waals surface area contributed by atoms with Gasteiger partial charge in [-0.15, -0.1) is 0 Å². The van der Waals surface area contributed by atoms with Crippen molar-refractivity contribution in [3.8, 4) is 11.3 Å². The minimum Gasteiger partial charge on any atom is -0.388 e. The van der Waals surface area contributed by atoms with E-state index in [1.807, 2.05) is 12.1 Å². The number of benzene rings is 1. The lowest BCUT2D eigenvalue weighted by molar-refractivity contribution is 0.229. The van der Waals surface area contributed by atoms with Crippen LogP contribution in [-0.2, 0) is 13.0 Å². The molecule has 3 nitrogen and oxygen atoms in total. The smallest absolute Gasteiger partial charge is 0.162 e. The molecule has 1 N–H and O–H groups in total. The number of hydrogen-bond donors (Lipinski definition) is 1. The van der Waals surface area contributed by atoms with Crippen LogP contribution in [0.25, 0.3) is 11.3 Å². The lowest BCUT2D eigenvalue weighted by Gasteiger charge is -2.04. The molecule has 3 heteroatoms. The lowest BCUT2D eigenvalue weighted by atomic mass is 10.0. The summed E-state index contributed by atoms with van der Waals surface area (Å²) in [6, 6.07) is 10.1. The number of rotatable bonds is 4. The van der Waals surface area contributed by atoms with Gasteiger partial charge in [0.25, 0.3) is 0 Å². The van der Waals surface area contributed by atoms with Gasteiger partial charge in [-0.3, -0.25) is 0 Å². The Morgan fingerprint density at radius 2 is 1.94 bits per heavy atom. The van der Waals surface area contributed by atoms with Gasteiger partial charge in [0.15, 0.2) is 5.76 Å². The van der Waals surface area contributed by atoms with Crippen LogP contribution in [0.2, 0.25) is 0 Å². The third-order valence-electron chi connectivity index (χ3n) is 2.61. The molecule has 1 aromatic heterocycles. The summed E-state index contributed by atoms with van der Waals surface area (Å²) in [4.78, 5) is 0. The Kier molecular flexibility index (Phi) is 3.59. The van der Waals surface area contributed by atoms with E-state index in [0.717, 1.165) is 17.7 Å². The van der Waals surface area contributed by atoms with Crippen LogP contribution in [0.4, 0.5) is 0 Å². The van der Waals surface area contributed by atoms with Crippen molar-refractivity contribution in [3.05, 3.63) is 41.7 Å². The van der Waals surface area contributed by atoms with E-state index >= 15 is 0 Å². The first-order chi connectivity index (χ1) is 8.19. The minimum atomic E-state index is -0.113. The highest BCUT2D eigenvalue weighted by Gasteiger charge is 2.05. The topological polar surface area (TPSA) is 46.3 Å². The molecule has 17 heavy (non-hydrogen) atoms. The second-order valence-corrected chi connectivity index (χ2v) is 4.63. The van der Waals surface area contributed by atoms with Crippen LogP contribution in [0.3, 0.4) is 0 Å². The summed E-state index contributed by atoms with van der Waals surface area (Å²) in [7, 11) is 0. The Morgan fingerprint density at radius 3 is 2.47 bits per heavy atom. The molecule has 0 radical (unpaired) electrons. The SMILES string of the molecule is CC(C)Cc1ccc(-c2cc(CO)on2)cc1. The van der Waals surface area contributed by atoms with E-state index in [0.29, 0.717) is 11.7 Å². The maximum Gasteiger partial charge on any atom is 0.162 e. The molecule has 90 valence electrons. The van der Waals surface area contributed by atoms with Crippen LogP contribution in [-0.4, -0.2) is 10.3 Å². The molecule has 2 rings (SSSR count). The molecule has 0 saturated heterocycles. The molecule has 0 aliphatic rings.